The van der Waals surface area contributed by atoms with Crippen LogP contribution in [0.2, 0.25) is 0 Å². The molecule has 5 rings (SSSR count). The fourth-order valence-electron chi connectivity index (χ4n) is 5.09. The van der Waals surface area contributed by atoms with E-state index in [0.29, 0.717) is 24.1 Å². The number of aromatic amines is 1. The number of carbonyl (C=O) groups excluding carboxylic acids is 1. The summed E-state index contributed by atoms with van der Waals surface area (Å²) in [5.74, 6) is 0.452. The predicted octanol–water partition coefficient (Wildman–Crippen LogP) is 1.95. The predicted molar refractivity (Wildman–Crippen MR) is 124 cm³/mol. The summed E-state index contributed by atoms with van der Waals surface area (Å²) >= 11 is 0. The van der Waals surface area contributed by atoms with Crippen molar-refractivity contribution in [2.24, 2.45) is 5.92 Å². The lowest BCUT2D eigenvalue weighted by atomic mass is 10.1. The molecule has 8 nitrogen and oxygen atoms in total. The normalized spacial score (nSPS) is 20.6. The van der Waals surface area contributed by atoms with Crippen LogP contribution in [0.1, 0.15) is 35.0 Å². The Hall–Kier alpha value is -3.26. The summed E-state index contributed by atoms with van der Waals surface area (Å²) in [6.45, 7) is 5.84. The van der Waals surface area contributed by atoms with Crippen LogP contribution < -0.4 is 15.8 Å². The van der Waals surface area contributed by atoms with Gasteiger partial charge in [0.2, 0.25) is 0 Å². The summed E-state index contributed by atoms with van der Waals surface area (Å²) < 4.78 is 0. The van der Waals surface area contributed by atoms with E-state index in [1.807, 2.05) is 31.5 Å². The molecule has 32 heavy (non-hydrogen) atoms. The number of H-pyrrole nitrogens is 1. The third-order valence-corrected chi connectivity index (χ3v) is 6.78. The molecule has 0 aromatic carbocycles. The molecule has 2 aliphatic heterocycles. The van der Waals surface area contributed by atoms with Crippen molar-refractivity contribution < 1.29 is 4.79 Å². The lowest BCUT2D eigenvalue weighted by molar-refractivity contribution is 0.0958. The molecule has 3 aromatic heterocycles. The van der Waals surface area contributed by atoms with E-state index in [1.54, 1.807) is 13.1 Å². The highest BCUT2D eigenvalue weighted by Crippen LogP contribution is 2.35. The lowest BCUT2D eigenvalue weighted by Crippen LogP contribution is -2.35. The molecule has 5 heterocycles. The minimum absolute atomic E-state index is 0.0265. The van der Waals surface area contributed by atoms with E-state index in [9.17, 15) is 9.59 Å². The quantitative estimate of drug-likeness (QED) is 0.640. The van der Waals surface area contributed by atoms with Crippen molar-refractivity contribution in [2.75, 3.05) is 31.6 Å². The Morgan fingerprint density at radius 2 is 2.09 bits per heavy atom. The van der Waals surface area contributed by atoms with E-state index < -0.39 is 0 Å². The Morgan fingerprint density at radius 3 is 2.84 bits per heavy atom. The number of amides is 1. The number of aromatic nitrogens is 3. The fraction of sp³-hybridized carbons (Fsp3) is 0.417. The largest absolute Gasteiger partial charge is 0.366 e. The summed E-state index contributed by atoms with van der Waals surface area (Å²) in [7, 11) is 1.61. The minimum Gasteiger partial charge on any atom is -0.366 e. The molecule has 166 valence electrons. The fourth-order valence-corrected chi connectivity index (χ4v) is 5.09. The maximum absolute atomic E-state index is 12.2. The van der Waals surface area contributed by atoms with Crippen LogP contribution in [0.3, 0.4) is 0 Å². The molecule has 1 amide bonds. The van der Waals surface area contributed by atoms with E-state index in [1.165, 1.54) is 0 Å². The highest BCUT2D eigenvalue weighted by Gasteiger charge is 2.41. The van der Waals surface area contributed by atoms with Crippen LogP contribution >= 0.6 is 0 Å². The monoisotopic (exact) mass is 432 g/mol. The van der Waals surface area contributed by atoms with Gasteiger partial charge in [0.1, 0.15) is 5.69 Å². The Morgan fingerprint density at radius 1 is 1.22 bits per heavy atom. The number of hydrogen-bond donors (Lipinski definition) is 2. The number of carbonyl (C=O) groups is 1. The molecular weight excluding hydrogens is 404 g/mol. The number of aryl methyl sites for hydroxylation is 1. The summed E-state index contributed by atoms with van der Waals surface area (Å²) in [6.07, 6.45) is 5.59. The first-order valence-corrected chi connectivity index (χ1v) is 11.2. The Bertz CT molecular complexity index is 1210. The molecule has 2 aliphatic rings. The highest BCUT2D eigenvalue weighted by molar-refractivity contribution is 5.92. The van der Waals surface area contributed by atoms with Crippen molar-refractivity contribution in [2.45, 2.75) is 32.4 Å². The van der Waals surface area contributed by atoms with Gasteiger partial charge in [0.25, 0.3) is 11.5 Å². The van der Waals surface area contributed by atoms with E-state index in [-0.39, 0.29) is 11.5 Å². The summed E-state index contributed by atoms with van der Waals surface area (Å²) in [5, 5.41) is 2.61. The second-order valence-corrected chi connectivity index (χ2v) is 8.74. The molecule has 8 heteroatoms. The zero-order valence-corrected chi connectivity index (χ0v) is 18.5. The SMILES string of the molecule is CCc1cc2ncc(CN3CC4CCN(c5ccc(C(=O)NC)nc5)C4C3)cc2[nH]c1=O. The maximum Gasteiger partial charge on any atom is 0.269 e. The van der Waals surface area contributed by atoms with Crippen molar-refractivity contribution in [1.29, 1.82) is 0 Å². The molecule has 0 bridgehead atoms. The molecule has 2 fully saturated rings. The topological polar surface area (TPSA) is 94.2 Å². The van der Waals surface area contributed by atoms with Crippen molar-refractivity contribution >= 4 is 22.6 Å². The van der Waals surface area contributed by atoms with Gasteiger partial charge in [-0.05, 0) is 48.6 Å². The van der Waals surface area contributed by atoms with E-state index in [0.717, 1.165) is 60.4 Å². The van der Waals surface area contributed by atoms with E-state index >= 15 is 0 Å². The number of pyridine rings is 3. The third kappa shape index (κ3) is 3.75. The molecule has 2 N–H and O–H groups in total. The van der Waals surface area contributed by atoms with Gasteiger partial charge in [-0.15, -0.1) is 0 Å². The highest BCUT2D eigenvalue weighted by atomic mass is 16.1. The molecule has 2 saturated heterocycles. The van der Waals surface area contributed by atoms with Gasteiger partial charge in [0, 0.05) is 51.0 Å². The van der Waals surface area contributed by atoms with Crippen molar-refractivity contribution in [1.82, 2.24) is 25.2 Å². The average molecular weight is 433 g/mol. The average Bonchev–Trinajstić information content (AvgIpc) is 3.38. The van der Waals surface area contributed by atoms with Crippen LogP contribution in [0.5, 0.6) is 0 Å². The number of fused-ring (bicyclic) bond motifs is 2. The first-order valence-electron chi connectivity index (χ1n) is 11.2. The maximum atomic E-state index is 12.2. The first kappa shape index (κ1) is 20.6. The number of hydrogen-bond acceptors (Lipinski definition) is 6. The Balaban J connectivity index is 1.29. The molecule has 0 radical (unpaired) electrons. The van der Waals surface area contributed by atoms with Crippen LogP contribution in [0.15, 0.2) is 41.5 Å². The standard InChI is InChI=1S/C24H28N6O2/c1-3-16-9-20-21(28-23(16)31)8-15(10-26-20)12-29-13-17-6-7-30(22(17)14-29)18-4-5-19(27-11-18)24(32)25-2/h4-5,8-11,17,22H,3,6-7,12-14H2,1-2H3,(H,25,32)(H,28,31). The number of likely N-dealkylation sites (tertiary alicyclic amines) is 1. The number of anilines is 1. The zero-order valence-electron chi connectivity index (χ0n) is 18.5. The molecule has 0 saturated carbocycles. The second kappa shape index (κ2) is 8.35. The number of nitrogens with zero attached hydrogens (tertiary/aromatic N) is 4. The third-order valence-electron chi connectivity index (χ3n) is 6.78. The second-order valence-electron chi connectivity index (χ2n) is 8.74. The van der Waals surface area contributed by atoms with Gasteiger partial charge in [-0.2, -0.15) is 0 Å². The molecule has 3 aromatic rings. The molecule has 2 unspecified atom stereocenters. The number of nitrogens with one attached hydrogen (secondary N) is 2. The van der Waals surface area contributed by atoms with Crippen LogP contribution in [-0.2, 0) is 13.0 Å². The zero-order chi connectivity index (χ0) is 22.2. The summed E-state index contributed by atoms with van der Waals surface area (Å²) in [4.78, 5) is 40.7. The van der Waals surface area contributed by atoms with Crippen LogP contribution in [0.25, 0.3) is 11.0 Å². The van der Waals surface area contributed by atoms with Crippen LogP contribution in [-0.4, -0.2) is 58.5 Å². The van der Waals surface area contributed by atoms with Crippen molar-refractivity contribution in [3.05, 3.63) is 63.8 Å². The van der Waals surface area contributed by atoms with Gasteiger partial charge in [0.15, 0.2) is 0 Å². The molecular formula is C24H28N6O2. The van der Waals surface area contributed by atoms with Gasteiger partial charge < -0.3 is 15.2 Å². The van der Waals surface area contributed by atoms with Crippen LogP contribution in [0, 0.1) is 5.92 Å². The van der Waals surface area contributed by atoms with Gasteiger partial charge in [-0.25, -0.2) is 4.98 Å². The van der Waals surface area contributed by atoms with Gasteiger partial charge in [-0.1, -0.05) is 6.92 Å². The lowest BCUT2D eigenvalue weighted by Gasteiger charge is -2.27. The van der Waals surface area contributed by atoms with Gasteiger partial charge in [-0.3, -0.25) is 19.5 Å². The van der Waals surface area contributed by atoms with Gasteiger partial charge in [0.05, 0.1) is 22.9 Å². The van der Waals surface area contributed by atoms with E-state index in [4.69, 9.17) is 0 Å². The van der Waals surface area contributed by atoms with E-state index in [2.05, 4.69) is 36.1 Å². The summed E-state index contributed by atoms with van der Waals surface area (Å²) in [6, 6.07) is 8.18. The smallest absolute Gasteiger partial charge is 0.269 e. The molecule has 0 spiro atoms. The van der Waals surface area contributed by atoms with Crippen molar-refractivity contribution in [3.63, 3.8) is 0 Å². The van der Waals surface area contributed by atoms with Gasteiger partial charge >= 0.3 is 0 Å². The Kier molecular flexibility index (Phi) is 5.38. The number of rotatable bonds is 5. The van der Waals surface area contributed by atoms with Crippen molar-refractivity contribution in [3.8, 4) is 0 Å². The first-order chi connectivity index (χ1) is 15.6. The van der Waals surface area contributed by atoms with Crippen LogP contribution in [0.4, 0.5) is 5.69 Å². The summed E-state index contributed by atoms with van der Waals surface area (Å²) in [5.41, 5.74) is 5.00. The Labute approximate surface area is 186 Å². The minimum atomic E-state index is -0.167. The molecule has 2 atom stereocenters. The molecule has 0 aliphatic carbocycles.